The summed E-state index contributed by atoms with van der Waals surface area (Å²) in [5.41, 5.74) is 0. The Morgan fingerprint density at radius 1 is 1.08 bits per heavy atom. The maximum Gasteiger partial charge on any atom is 0.308 e. The van der Waals surface area contributed by atoms with Gasteiger partial charge in [0.1, 0.15) is 0 Å². The second kappa shape index (κ2) is 10.1. The van der Waals surface area contributed by atoms with Gasteiger partial charge in [0.05, 0.1) is 24.7 Å². The fourth-order valence-electron chi connectivity index (χ4n) is 5.02. The molecule has 2 aliphatic carbocycles. The predicted molar refractivity (Wildman–Crippen MR) is 101 cm³/mol. The van der Waals surface area contributed by atoms with Crippen molar-refractivity contribution >= 4 is 5.97 Å². The van der Waals surface area contributed by atoms with Crippen LogP contribution in [0.15, 0.2) is 0 Å². The van der Waals surface area contributed by atoms with Crippen molar-refractivity contribution < 1.29 is 19.0 Å². The van der Waals surface area contributed by atoms with Crippen LogP contribution in [0.4, 0.5) is 0 Å². The lowest BCUT2D eigenvalue weighted by Crippen LogP contribution is -2.26. The van der Waals surface area contributed by atoms with Crippen LogP contribution in [0.2, 0.25) is 0 Å². The minimum atomic E-state index is -0.0792. The Bertz CT molecular complexity index is 416. The molecule has 0 aromatic rings. The number of unbranched alkanes of at least 4 members (excludes halogenated alkanes) is 1. The lowest BCUT2D eigenvalue weighted by atomic mass is 9.84. The molecular formula is C22H36O4. The first kappa shape index (κ1) is 20.1. The van der Waals surface area contributed by atoms with E-state index in [2.05, 4.69) is 6.92 Å². The number of rotatable bonds is 8. The molecule has 0 N–H and O–H groups in total. The minimum Gasteiger partial charge on any atom is -0.466 e. The predicted octanol–water partition coefficient (Wildman–Crippen LogP) is 5.21. The Balaban J connectivity index is 1.60. The molecule has 3 rings (SSSR count). The molecule has 1 saturated heterocycles. The van der Waals surface area contributed by atoms with E-state index < -0.39 is 0 Å². The maximum absolute atomic E-state index is 12.3. The van der Waals surface area contributed by atoms with Crippen LogP contribution in [0.1, 0.15) is 84.0 Å². The Hall–Kier alpha value is -0.610. The zero-order valence-electron chi connectivity index (χ0n) is 16.4. The SMILES string of the molecule is [CH2]CCCC(CC[C]1OC2CCC(O1)C1CCCC2CC1)C(=O)OCC. The van der Waals surface area contributed by atoms with Crippen molar-refractivity contribution in [3.8, 4) is 0 Å². The molecule has 148 valence electrons. The van der Waals surface area contributed by atoms with Gasteiger partial charge >= 0.3 is 5.97 Å². The molecule has 1 heterocycles. The highest BCUT2D eigenvalue weighted by Crippen LogP contribution is 2.43. The van der Waals surface area contributed by atoms with Gasteiger partial charge in [-0.05, 0) is 70.1 Å². The van der Waals surface area contributed by atoms with E-state index in [1.165, 1.54) is 32.1 Å². The van der Waals surface area contributed by atoms with Crippen molar-refractivity contribution in [2.45, 2.75) is 96.2 Å². The highest BCUT2D eigenvalue weighted by Gasteiger charge is 2.40. The van der Waals surface area contributed by atoms with Crippen LogP contribution in [-0.4, -0.2) is 24.8 Å². The second-order valence-electron chi connectivity index (χ2n) is 8.27. The van der Waals surface area contributed by atoms with Crippen LogP contribution in [-0.2, 0) is 19.0 Å². The number of hydrogen-bond acceptors (Lipinski definition) is 4. The van der Waals surface area contributed by atoms with Crippen molar-refractivity contribution in [1.82, 2.24) is 0 Å². The van der Waals surface area contributed by atoms with Crippen molar-refractivity contribution in [2.75, 3.05) is 6.61 Å². The van der Waals surface area contributed by atoms with Gasteiger partial charge in [0.15, 0.2) is 0 Å². The van der Waals surface area contributed by atoms with Gasteiger partial charge in [-0.2, -0.15) is 0 Å². The smallest absolute Gasteiger partial charge is 0.308 e. The highest BCUT2D eigenvalue weighted by molar-refractivity contribution is 5.72. The van der Waals surface area contributed by atoms with Gasteiger partial charge < -0.3 is 14.2 Å². The number of fused-ring (bicyclic) bond motifs is 8. The molecule has 5 unspecified atom stereocenters. The third kappa shape index (κ3) is 5.22. The summed E-state index contributed by atoms with van der Waals surface area (Å²) in [7, 11) is 0. The molecule has 4 nitrogen and oxygen atoms in total. The van der Waals surface area contributed by atoms with E-state index in [0.717, 1.165) is 44.8 Å². The van der Waals surface area contributed by atoms with E-state index in [9.17, 15) is 4.79 Å². The van der Waals surface area contributed by atoms with Crippen molar-refractivity contribution in [2.24, 2.45) is 17.8 Å². The molecule has 4 heteroatoms. The van der Waals surface area contributed by atoms with Crippen molar-refractivity contribution in [1.29, 1.82) is 0 Å². The molecule has 0 aromatic heterocycles. The van der Waals surface area contributed by atoms with Crippen LogP contribution in [0.3, 0.4) is 0 Å². The first-order valence-electron chi connectivity index (χ1n) is 10.9. The van der Waals surface area contributed by atoms with Gasteiger partial charge in [-0.3, -0.25) is 4.79 Å². The molecule has 4 bridgehead atoms. The first-order chi connectivity index (χ1) is 12.7. The largest absolute Gasteiger partial charge is 0.466 e. The quantitative estimate of drug-likeness (QED) is 0.438. The lowest BCUT2D eigenvalue weighted by molar-refractivity contribution is -0.149. The Labute approximate surface area is 159 Å². The summed E-state index contributed by atoms with van der Waals surface area (Å²) in [5, 5.41) is 0. The van der Waals surface area contributed by atoms with Crippen LogP contribution in [0.25, 0.3) is 0 Å². The highest BCUT2D eigenvalue weighted by atomic mass is 16.7. The molecule has 3 fully saturated rings. The van der Waals surface area contributed by atoms with Crippen LogP contribution in [0.5, 0.6) is 0 Å². The average molecular weight is 365 g/mol. The van der Waals surface area contributed by atoms with E-state index in [-0.39, 0.29) is 11.9 Å². The summed E-state index contributed by atoms with van der Waals surface area (Å²) in [6.45, 7) is 6.21. The van der Waals surface area contributed by atoms with Gasteiger partial charge in [0.2, 0.25) is 6.29 Å². The van der Waals surface area contributed by atoms with E-state index in [1.807, 2.05) is 6.92 Å². The number of esters is 1. The minimum absolute atomic E-state index is 0.0684. The zero-order chi connectivity index (χ0) is 18.4. The summed E-state index contributed by atoms with van der Waals surface area (Å²) in [5.74, 6) is 1.22. The topological polar surface area (TPSA) is 44.8 Å². The average Bonchev–Trinajstić information content (AvgIpc) is 2.95. The fraction of sp³-hybridized carbons (Fsp3) is 0.864. The first-order valence-corrected chi connectivity index (χ1v) is 10.9. The number of carbonyl (C=O) groups is 1. The number of ether oxygens (including phenoxy) is 3. The monoisotopic (exact) mass is 364 g/mol. The van der Waals surface area contributed by atoms with Gasteiger partial charge in [-0.25, -0.2) is 0 Å². The molecule has 0 spiro atoms. The molecule has 2 saturated carbocycles. The van der Waals surface area contributed by atoms with E-state index >= 15 is 0 Å². The number of hydrogen-bond donors (Lipinski definition) is 0. The Kier molecular flexibility index (Phi) is 7.80. The fourth-order valence-corrected chi connectivity index (χ4v) is 5.02. The van der Waals surface area contributed by atoms with Gasteiger partial charge in [0, 0.05) is 6.42 Å². The molecule has 26 heavy (non-hydrogen) atoms. The van der Waals surface area contributed by atoms with Gasteiger partial charge in [0.25, 0.3) is 0 Å². The molecule has 5 atom stereocenters. The molecule has 0 amide bonds. The summed E-state index contributed by atoms with van der Waals surface area (Å²) < 4.78 is 18.0. The third-order valence-corrected chi connectivity index (χ3v) is 6.53. The Morgan fingerprint density at radius 3 is 2.31 bits per heavy atom. The molecule has 2 radical (unpaired) electrons. The van der Waals surface area contributed by atoms with Crippen LogP contribution in [0, 0.1) is 31.0 Å². The van der Waals surface area contributed by atoms with Gasteiger partial charge in [-0.15, -0.1) is 0 Å². The van der Waals surface area contributed by atoms with Crippen molar-refractivity contribution in [3.05, 3.63) is 13.2 Å². The Morgan fingerprint density at radius 2 is 1.73 bits per heavy atom. The summed E-state index contributed by atoms with van der Waals surface area (Å²) in [4.78, 5) is 12.3. The molecular weight excluding hydrogens is 328 g/mol. The van der Waals surface area contributed by atoms with Gasteiger partial charge in [-0.1, -0.05) is 26.2 Å². The maximum atomic E-state index is 12.3. The summed E-state index contributed by atoms with van der Waals surface area (Å²) >= 11 is 0. The van der Waals surface area contributed by atoms with E-state index in [1.54, 1.807) is 0 Å². The normalized spacial score (nSPS) is 33.2. The van der Waals surface area contributed by atoms with E-state index in [4.69, 9.17) is 14.2 Å². The van der Waals surface area contributed by atoms with Crippen molar-refractivity contribution in [3.63, 3.8) is 0 Å². The standard InChI is InChI=1S/C22H36O4/c1-3-5-7-18(22(23)24-4-2)12-15-21-25-19-13-14-20(26-21)17-9-6-8-16(19)10-11-17/h16-20H,1,3-15H2,2H3. The second-order valence-corrected chi connectivity index (χ2v) is 8.27. The van der Waals surface area contributed by atoms with E-state index in [0.29, 0.717) is 37.1 Å². The van der Waals surface area contributed by atoms with Crippen LogP contribution < -0.4 is 0 Å². The number of carbonyl (C=O) groups excluding carboxylic acids is 1. The third-order valence-electron chi connectivity index (χ3n) is 6.53. The van der Waals surface area contributed by atoms with Crippen LogP contribution >= 0.6 is 0 Å². The summed E-state index contributed by atoms with van der Waals surface area (Å²) in [6, 6.07) is 0. The molecule has 3 aliphatic rings. The molecule has 1 aliphatic heterocycles. The molecule has 0 aromatic carbocycles. The summed E-state index contributed by atoms with van der Waals surface area (Å²) in [6.07, 6.45) is 14.3. The lowest BCUT2D eigenvalue weighted by Gasteiger charge is -2.27. The zero-order valence-corrected chi connectivity index (χ0v) is 16.4.